The van der Waals surface area contributed by atoms with Gasteiger partial charge in [0.15, 0.2) is 0 Å². The van der Waals surface area contributed by atoms with E-state index in [2.05, 4.69) is 25.3 Å². The molecule has 0 heterocycles. The topological polar surface area (TPSA) is 0 Å². The van der Waals surface area contributed by atoms with Crippen molar-refractivity contribution in [3.63, 3.8) is 0 Å². The smallest absolute Gasteiger partial charge is 0.507 e. The molecule has 1 heteroatoms. The number of rotatable bonds is 0. The van der Waals surface area contributed by atoms with E-state index in [1.54, 1.807) is 13.8 Å². The summed E-state index contributed by atoms with van der Waals surface area (Å²) in [7, 11) is 0. The summed E-state index contributed by atoms with van der Waals surface area (Å²) >= 11 is 0. The quantitative estimate of drug-likeness (QED) is 0.409. The first-order chi connectivity index (χ1) is 2.83. The molecule has 0 aromatic heterocycles. The van der Waals surface area contributed by atoms with Crippen molar-refractivity contribution in [3.8, 4) is 0 Å². The van der Waals surface area contributed by atoms with Crippen LogP contribution in [-0.4, -0.2) is 0 Å². The first-order valence-corrected chi connectivity index (χ1v) is 1.71. The molecule has 0 unspecified atom stereocenters. The first-order valence-electron chi connectivity index (χ1n) is 1.71. The fourth-order valence-corrected chi connectivity index (χ4v) is 0. The molecule has 0 aliphatic rings. The molecule has 7 heavy (non-hydrogen) atoms. The van der Waals surface area contributed by atoms with Crippen LogP contribution in [-0.2, 0) is 27.3 Å². The average molecular weight is 195 g/mol. The molecule has 0 nitrogen and oxygen atoms in total. The Morgan fingerprint density at radius 3 is 1.00 bits per heavy atom. The van der Waals surface area contributed by atoms with Crippen molar-refractivity contribution in [1.29, 1.82) is 0 Å². The molecule has 0 fully saturated rings. The second-order valence-electron chi connectivity index (χ2n) is 0.707. The maximum absolute atomic E-state index is 3.24. The van der Waals surface area contributed by atoms with Crippen LogP contribution in [0.1, 0.15) is 13.8 Å². The van der Waals surface area contributed by atoms with Crippen molar-refractivity contribution >= 4 is 0 Å². The van der Waals surface area contributed by atoms with Gasteiger partial charge in [0.1, 0.15) is 0 Å². The third-order valence-electron chi connectivity index (χ3n) is 0. The monoisotopic (exact) mass is 196 g/mol. The third kappa shape index (κ3) is 767. The second-order valence-corrected chi connectivity index (χ2v) is 0.707. The molecular formula is C6H10Cd. The van der Waals surface area contributed by atoms with Crippen LogP contribution < -0.4 is 0 Å². The Balaban J connectivity index is -0.0000000400. The van der Waals surface area contributed by atoms with E-state index in [-0.39, 0.29) is 27.3 Å². The number of hydrogen-bond acceptors (Lipinski definition) is 0. The van der Waals surface area contributed by atoms with Crippen molar-refractivity contribution < 1.29 is 27.3 Å². The number of hydrogen-bond donors (Lipinski definition) is 0. The minimum Gasteiger partial charge on any atom is -0.507 e. The van der Waals surface area contributed by atoms with Gasteiger partial charge < -0.3 is 12.2 Å². The van der Waals surface area contributed by atoms with Crippen molar-refractivity contribution in [2.75, 3.05) is 0 Å². The van der Waals surface area contributed by atoms with Crippen LogP contribution in [0.5, 0.6) is 0 Å². The Kier molecular flexibility index (Phi) is 72.4. The fraction of sp³-hybridized carbons (Fsp3) is 0.333. The van der Waals surface area contributed by atoms with Crippen molar-refractivity contribution in [2.24, 2.45) is 0 Å². The molecule has 0 aliphatic heterocycles. The summed E-state index contributed by atoms with van der Waals surface area (Å²) in [6, 6.07) is 0. The third-order valence-corrected chi connectivity index (χ3v) is 0. The van der Waals surface area contributed by atoms with Crippen LogP contribution in [0.15, 0.2) is 13.2 Å². The van der Waals surface area contributed by atoms with Gasteiger partial charge in [0, 0.05) is 0 Å². The van der Waals surface area contributed by atoms with Crippen molar-refractivity contribution in [2.45, 2.75) is 13.8 Å². The summed E-state index contributed by atoms with van der Waals surface area (Å²) in [6.07, 6.45) is 5.00. The molecule has 0 N–H and O–H groups in total. The van der Waals surface area contributed by atoms with Gasteiger partial charge in [-0.15, -0.1) is 0 Å². The predicted octanol–water partition coefficient (Wildman–Crippen LogP) is 1.99. The Hall–Kier alpha value is 0.402. The van der Waals surface area contributed by atoms with E-state index in [1.807, 2.05) is 0 Å². The van der Waals surface area contributed by atoms with Crippen LogP contribution >= 0.6 is 0 Å². The van der Waals surface area contributed by atoms with E-state index in [9.17, 15) is 0 Å². The molecule has 0 saturated carbocycles. The predicted molar refractivity (Wildman–Crippen MR) is 29.1 cm³/mol. The Labute approximate surface area is 66.5 Å². The summed E-state index contributed by atoms with van der Waals surface area (Å²) in [5, 5.41) is 0. The zero-order chi connectivity index (χ0) is 5.41. The van der Waals surface area contributed by atoms with Crippen molar-refractivity contribution in [3.05, 3.63) is 25.3 Å². The molecule has 0 bridgehead atoms. The molecule has 0 aromatic rings. The first kappa shape index (κ1) is 15.7. The van der Waals surface area contributed by atoms with Gasteiger partial charge in [-0.2, -0.15) is 13.8 Å². The summed E-state index contributed by atoms with van der Waals surface area (Å²) in [6.45, 7) is 10.0. The van der Waals surface area contributed by atoms with Crippen LogP contribution in [0, 0.1) is 12.2 Å². The molecule has 0 amide bonds. The van der Waals surface area contributed by atoms with Gasteiger partial charge in [0.25, 0.3) is 0 Å². The molecular weight excluding hydrogens is 184 g/mol. The summed E-state index contributed by atoms with van der Waals surface area (Å²) in [4.78, 5) is 0. The van der Waals surface area contributed by atoms with E-state index in [1.165, 1.54) is 0 Å². The van der Waals surface area contributed by atoms with Crippen LogP contribution in [0.25, 0.3) is 0 Å². The van der Waals surface area contributed by atoms with Gasteiger partial charge in [-0.3, -0.25) is 13.2 Å². The Morgan fingerprint density at radius 2 is 1.00 bits per heavy atom. The van der Waals surface area contributed by atoms with E-state index >= 15 is 0 Å². The molecule has 0 spiro atoms. The van der Waals surface area contributed by atoms with Gasteiger partial charge in [-0.05, 0) is 0 Å². The SMILES string of the molecule is C=[C-]C.C=[C-]C.[Cd+2]. The zero-order valence-electron chi connectivity index (χ0n) is 5.12. The fourth-order valence-electron chi connectivity index (χ4n) is 0. The van der Waals surface area contributed by atoms with Crippen LogP contribution in [0.4, 0.5) is 0 Å². The summed E-state index contributed by atoms with van der Waals surface area (Å²) in [5.74, 6) is 0. The molecule has 0 aromatic carbocycles. The zero-order valence-corrected chi connectivity index (χ0v) is 9.16. The molecule has 0 aliphatic carbocycles. The minimum absolute atomic E-state index is 0. The van der Waals surface area contributed by atoms with E-state index in [0.717, 1.165) is 0 Å². The molecule has 0 atom stereocenters. The second kappa shape index (κ2) is 32.4. The van der Waals surface area contributed by atoms with Crippen LogP contribution in [0.3, 0.4) is 0 Å². The summed E-state index contributed by atoms with van der Waals surface area (Å²) in [5.41, 5.74) is 0. The van der Waals surface area contributed by atoms with Gasteiger partial charge in [-0.1, -0.05) is 0 Å². The standard InChI is InChI=1S/2C3H5.Cd/c2*1-3-2;/h2*1H2,2H3;/q2*-1;+2. The van der Waals surface area contributed by atoms with Gasteiger partial charge in [-0.25, -0.2) is 0 Å². The maximum atomic E-state index is 3.24. The van der Waals surface area contributed by atoms with Gasteiger partial charge in [0.2, 0.25) is 0 Å². The molecule has 0 rings (SSSR count). The van der Waals surface area contributed by atoms with E-state index < -0.39 is 0 Å². The minimum atomic E-state index is 0. The van der Waals surface area contributed by atoms with Crippen molar-refractivity contribution in [1.82, 2.24) is 0 Å². The normalized spacial score (nSPS) is 3.71. The van der Waals surface area contributed by atoms with E-state index in [4.69, 9.17) is 0 Å². The van der Waals surface area contributed by atoms with Gasteiger partial charge in [0.05, 0.1) is 0 Å². The maximum Gasteiger partial charge on any atom is 2.00 e. The molecule has 0 radical (unpaired) electrons. The largest absolute Gasteiger partial charge is 2.00 e. The Bertz CT molecular complexity index is 25.2. The van der Waals surface area contributed by atoms with E-state index in [0.29, 0.717) is 0 Å². The molecule has 0 saturated heterocycles. The summed E-state index contributed by atoms with van der Waals surface area (Å²) < 4.78 is 0. The Morgan fingerprint density at radius 1 is 1.00 bits per heavy atom. The average Bonchev–Trinajstić information content (AvgIpc) is 1.39. The molecule has 36 valence electrons. The van der Waals surface area contributed by atoms with Gasteiger partial charge >= 0.3 is 27.3 Å². The number of allylic oxidation sites excluding steroid dienone is 2. The van der Waals surface area contributed by atoms with Crippen LogP contribution in [0.2, 0.25) is 0 Å².